The number of carbonyl (C=O) groups is 1. The van der Waals surface area contributed by atoms with Gasteiger partial charge in [0.2, 0.25) is 0 Å². The zero-order valence-electron chi connectivity index (χ0n) is 9.80. The number of nitrogens with zero attached hydrogens (tertiary/aromatic N) is 1. The number of allylic oxidation sites excluding steroid dienone is 3. The fourth-order valence-corrected chi connectivity index (χ4v) is 1.25. The van der Waals surface area contributed by atoms with E-state index in [0.29, 0.717) is 0 Å². The fourth-order valence-electron chi connectivity index (χ4n) is 1.25. The van der Waals surface area contributed by atoms with Crippen molar-refractivity contribution in [3.8, 4) is 0 Å². The van der Waals surface area contributed by atoms with Crippen molar-refractivity contribution < 1.29 is 15.2 Å². The second-order valence-corrected chi connectivity index (χ2v) is 3.62. The molecule has 0 aromatic heterocycles. The molecule has 0 aromatic rings. The lowest BCUT2D eigenvalue weighted by Crippen LogP contribution is -2.20. The van der Waals surface area contributed by atoms with Crippen molar-refractivity contribution in [1.82, 2.24) is 5.23 Å². The lowest BCUT2D eigenvalue weighted by atomic mass is 10.1. The average Bonchev–Trinajstić information content (AvgIpc) is 2.26. The molecule has 0 aliphatic carbocycles. The number of hydrogen-bond donors (Lipinski definition) is 2. The van der Waals surface area contributed by atoms with Gasteiger partial charge in [0.1, 0.15) is 0 Å². The van der Waals surface area contributed by atoms with Crippen LogP contribution in [0.1, 0.15) is 45.4 Å². The van der Waals surface area contributed by atoms with Gasteiger partial charge >= 0.3 is 0 Å². The molecule has 0 aromatic carbocycles. The minimum Gasteiger partial charge on any atom is -0.265 e. The van der Waals surface area contributed by atoms with Gasteiger partial charge in [-0.05, 0) is 12.8 Å². The van der Waals surface area contributed by atoms with Crippen LogP contribution in [-0.2, 0) is 4.79 Å². The molecule has 0 radical (unpaired) electrons. The maximum absolute atomic E-state index is 10.7. The average molecular weight is 227 g/mol. The van der Waals surface area contributed by atoms with Gasteiger partial charge in [-0.1, -0.05) is 56.1 Å². The Bertz CT molecular complexity index is 234. The fraction of sp³-hybridized carbons (Fsp3) is 0.583. The zero-order chi connectivity index (χ0) is 12.2. The number of hydroxylamine groups is 2. The largest absolute Gasteiger partial charge is 0.296 e. The Morgan fingerprint density at radius 3 is 2.44 bits per heavy atom. The molecule has 92 valence electrons. The number of hydrogen-bond acceptors (Lipinski definition) is 3. The highest BCUT2D eigenvalue weighted by atomic mass is 16.8. The van der Waals surface area contributed by atoms with Crippen molar-refractivity contribution in [3.63, 3.8) is 0 Å². The van der Waals surface area contributed by atoms with E-state index in [0.717, 1.165) is 18.9 Å². The van der Waals surface area contributed by atoms with Crippen LogP contribution in [0.25, 0.3) is 0 Å². The van der Waals surface area contributed by atoms with Crippen LogP contribution in [-0.4, -0.2) is 21.5 Å². The summed E-state index contributed by atoms with van der Waals surface area (Å²) < 4.78 is 0. The monoisotopic (exact) mass is 227 g/mol. The molecule has 0 saturated carbocycles. The molecule has 1 amide bonds. The molecule has 0 heterocycles. The van der Waals surface area contributed by atoms with E-state index < -0.39 is 11.1 Å². The van der Waals surface area contributed by atoms with Gasteiger partial charge in [0, 0.05) is 6.08 Å². The first kappa shape index (κ1) is 14.9. The van der Waals surface area contributed by atoms with Crippen LogP contribution in [0.4, 0.5) is 0 Å². The second kappa shape index (κ2) is 10.4. The zero-order valence-corrected chi connectivity index (χ0v) is 9.80. The first-order valence-electron chi connectivity index (χ1n) is 5.73. The van der Waals surface area contributed by atoms with Crippen LogP contribution in [0, 0.1) is 0 Å². The van der Waals surface area contributed by atoms with Crippen LogP contribution in [0.2, 0.25) is 0 Å². The van der Waals surface area contributed by atoms with Crippen LogP contribution in [0.15, 0.2) is 24.3 Å². The molecule has 4 nitrogen and oxygen atoms in total. The molecule has 0 unspecified atom stereocenters. The number of rotatable bonds is 8. The second-order valence-electron chi connectivity index (χ2n) is 3.62. The third-order valence-corrected chi connectivity index (χ3v) is 2.16. The molecule has 0 aliphatic heterocycles. The van der Waals surface area contributed by atoms with Gasteiger partial charge in [-0.25, -0.2) is 0 Å². The molecule has 0 spiro atoms. The summed E-state index contributed by atoms with van der Waals surface area (Å²) in [7, 11) is 0. The Morgan fingerprint density at radius 1 is 1.12 bits per heavy atom. The van der Waals surface area contributed by atoms with Gasteiger partial charge in [-0.3, -0.25) is 15.2 Å². The van der Waals surface area contributed by atoms with Gasteiger partial charge in [-0.15, -0.1) is 0 Å². The van der Waals surface area contributed by atoms with Crippen molar-refractivity contribution >= 4 is 5.91 Å². The van der Waals surface area contributed by atoms with Crippen molar-refractivity contribution in [2.45, 2.75) is 45.4 Å². The Hall–Kier alpha value is -1.13. The van der Waals surface area contributed by atoms with E-state index in [1.54, 1.807) is 6.08 Å². The van der Waals surface area contributed by atoms with E-state index in [-0.39, 0.29) is 0 Å². The minimum atomic E-state index is -0.854. The summed E-state index contributed by atoms with van der Waals surface area (Å²) in [6.45, 7) is 2.19. The molecule has 0 atom stereocenters. The van der Waals surface area contributed by atoms with E-state index in [2.05, 4.69) is 6.92 Å². The van der Waals surface area contributed by atoms with Gasteiger partial charge in [0.15, 0.2) is 0 Å². The van der Waals surface area contributed by atoms with Crippen LogP contribution in [0.5, 0.6) is 0 Å². The topological polar surface area (TPSA) is 60.8 Å². The molecular formula is C12H21NO3. The Balaban J connectivity index is 3.44. The van der Waals surface area contributed by atoms with Crippen molar-refractivity contribution in [3.05, 3.63) is 24.3 Å². The van der Waals surface area contributed by atoms with E-state index in [1.165, 1.54) is 31.8 Å². The molecule has 0 aliphatic rings. The smallest absolute Gasteiger partial charge is 0.265 e. The highest BCUT2D eigenvalue weighted by Gasteiger charge is 1.99. The first-order valence-corrected chi connectivity index (χ1v) is 5.73. The molecular weight excluding hydrogens is 206 g/mol. The normalized spacial score (nSPS) is 11.4. The van der Waals surface area contributed by atoms with Crippen molar-refractivity contribution in [2.75, 3.05) is 0 Å². The summed E-state index contributed by atoms with van der Waals surface area (Å²) >= 11 is 0. The van der Waals surface area contributed by atoms with Gasteiger partial charge in [0.05, 0.1) is 0 Å². The van der Waals surface area contributed by atoms with E-state index in [4.69, 9.17) is 10.4 Å². The highest BCUT2D eigenvalue weighted by molar-refractivity contribution is 5.85. The molecule has 2 N–H and O–H groups in total. The van der Waals surface area contributed by atoms with Gasteiger partial charge < -0.3 is 0 Å². The van der Waals surface area contributed by atoms with Gasteiger partial charge in [0.25, 0.3) is 5.91 Å². The summed E-state index contributed by atoms with van der Waals surface area (Å²) in [4.78, 5) is 10.7. The van der Waals surface area contributed by atoms with E-state index in [1.807, 2.05) is 6.08 Å². The molecule has 0 bridgehead atoms. The minimum absolute atomic E-state index is 0.435. The maximum atomic E-state index is 10.7. The Labute approximate surface area is 96.8 Å². The van der Waals surface area contributed by atoms with E-state index >= 15 is 0 Å². The lowest BCUT2D eigenvalue weighted by Gasteiger charge is -1.99. The SMILES string of the molecule is CCCCCCCC=CC=CC(=O)N(O)O. The number of amides is 1. The Kier molecular flexibility index (Phi) is 9.66. The third kappa shape index (κ3) is 9.43. The molecule has 16 heavy (non-hydrogen) atoms. The van der Waals surface area contributed by atoms with Gasteiger partial charge in [-0.2, -0.15) is 0 Å². The molecule has 0 fully saturated rings. The number of carbonyl (C=O) groups excluding carboxylic acids is 1. The van der Waals surface area contributed by atoms with E-state index in [9.17, 15) is 4.79 Å². The molecule has 0 saturated heterocycles. The maximum Gasteiger partial charge on any atom is 0.296 e. The van der Waals surface area contributed by atoms with Crippen molar-refractivity contribution in [1.29, 1.82) is 0 Å². The summed E-state index contributed by atoms with van der Waals surface area (Å²) in [6.07, 6.45) is 13.5. The van der Waals surface area contributed by atoms with Crippen LogP contribution < -0.4 is 0 Å². The predicted octanol–water partition coefficient (Wildman–Crippen LogP) is 3.07. The Morgan fingerprint density at radius 2 is 1.81 bits per heavy atom. The molecule has 4 heteroatoms. The van der Waals surface area contributed by atoms with Crippen molar-refractivity contribution in [2.24, 2.45) is 0 Å². The summed E-state index contributed by atoms with van der Waals surface area (Å²) in [6, 6.07) is 0. The number of unbranched alkanes of at least 4 members (excludes halogenated alkanes) is 5. The third-order valence-electron chi connectivity index (χ3n) is 2.16. The predicted molar refractivity (Wildman–Crippen MR) is 62.1 cm³/mol. The lowest BCUT2D eigenvalue weighted by molar-refractivity contribution is -0.280. The standard InChI is InChI=1S/C12H21NO3/c1-2-3-4-5-6-7-8-9-10-11-12(14)13(15)16/h8-11,15-16H,2-7H2,1H3. The summed E-state index contributed by atoms with van der Waals surface area (Å²) in [5, 5.41) is 16.2. The molecule has 0 rings (SSSR count). The van der Waals surface area contributed by atoms with Crippen LogP contribution >= 0.6 is 0 Å². The summed E-state index contributed by atoms with van der Waals surface area (Å²) in [5.41, 5.74) is 0. The highest BCUT2D eigenvalue weighted by Crippen LogP contribution is 2.05. The summed E-state index contributed by atoms with van der Waals surface area (Å²) in [5.74, 6) is -0.854. The van der Waals surface area contributed by atoms with Crippen LogP contribution in [0.3, 0.4) is 0 Å². The first-order chi connectivity index (χ1) is 7.68. The quantitative estimate of drug-likeness (QED) is 0.220.